The van der Waals surface area contributed by atoms with Crippen LogP contribution in [0, 0.1) is 0 Å². The summed E-state index contributed by atoms with van der Waals surface area (Å²) in [5.41, 5.74) is 1.86. The van der Waals surface area contributed by atoms with E-state index >= 15 is 0 Å². The molecule has 1 aromatic heterocycles. The highest BCUT2D eigenvalue weighted by Gasteiger charge is 2.29. The molecule has 0 spiro atoms. The molecule has 1 aliphatic rings. The highest BCUT2D eigenvalue weighted by atomic mass is 35.5. The number of hydrogen-bond acceptors (Lipinski definition) is 3. The third kappa shape index (κ3) is 4.12. The maximum absolute atomic E-state index is 12.6. The van der Waals surface area contributed by atoms with Crippen molar-refractivity contribution in [1.82, 2.24) is 20.0 Å². The predicted octanol–water partition coefficient (Wildman–Crippen LogP) is 2.18. The summed E-state index contributed by atoms with van der Waals surface area (Å²) < 4.78 is 1.83. The Labute approximate surface area is 143 Å². The minimum Gasteiger partial charge on any atom is -0.334 e. The minimum absolute atomic E-state index is 0. The molecule has 1 atom stereocenters. The van der Waals surface area contributed by atoms with Crippen LogP contribution in [0.5, 0.6) is 0 Å². The van der Waals surface area contributed by atoms with Gasteiger partial charge < -0.3 is 10.2 Å². The molecule has 3 rings (SSSR count). The van der Waals surface area contributed by atoms with Crippen molar-refractivity contribution in [2.75, 3.05) is 20.1 Å². The number of nitrogens with one attached hydrogen (secondary N) is 1. The molecule has 1 aliphatic heterocycles. The second-order valence-corrected chi connectivity index (χ2v) is 5.76. The summed E-state index contributed by atoms with van der Waals surface area (Å²) in [6, 6.07) is 10.4. The van der Waals surface area contributed by atoms with Crippen LogP contribution in [-0.2, 0) is 6.54 Å². The molecule has 2 aromatic rings. The molecule has 5 nitrogen and oxygen atoms in total. The van der Waals surface area contributed by atoms with E-state index in [0.29, 0.717) is 18.2 Å². The zero-order valence-corrected chi connectivity index (χ0v) is 14.1. The van der Waals surface area contributed by atoms with Crippen molar-refractivity contribution in [2.24, 2.45) is 0 Å². The van der Waals surface area contributed by atoms with Gasteiger partial charge in [-0.05, 0) is 25.5 Å². The number of aromatic nitrogens is 2. The van der Waals surface area contributed by atoms with Crippen LogP contribution in [0.1, 0.15) is 28.8 Å². The highest BCUT2D eigenvalue weighted by Crippen LogP contribution is 2.19. The van der Waals surface area contributed by atoms with Crippen molar-refractivity contribution in [3.8, 4) is 0 Å². The lowest BCUT2D eigenvalue weighted by molar-refractivity contribution is 0.0737. The molecule has 23 heavy (non-hydrogen) atoms. The smallest absolute Gasteiger partial charge is 0.257 e. The third-order valence-corrected chi connectivity index (χ3v) is 4.15. The molecule has 1 aromatic carbocycles. The fourth-order valence-electron chi connectivity index (χ4n) is 3.05. The molecule has 1 saturated heterocycles. The molecule has 1 fully saturated rings. The van der Waals surface area contributed by atoms with E-state index < -0.39 is 0 Å². The maximum atomic E-state index is 12.6. The van der Waals surface area contributed by atoms with Gasteiger partial charge >= 0.3 is 0 Å². The third-order valence-electron chi connectivity index (χ3n) is 4.15. The Bertz CT molecular complexity index is 629. The number of hydrogen-bond donors (Lipinski definition) is 1. The van der Waals surface area contributed by atoms with Crippen LogP contribution in [0.25, 0.3) is 0 Å². The van der Waals surface area contributed by atoms with Crippen molar-refractivity contribution in [1.29, 1.82) is 0 Å². The van der Waals surface area contributed by atoms with Crippen LogP contribution in [0.3, 0.4) is 0 Å². The molecular formula is C17H23ClN4O. The van der Waals surface area contributed by atoms with Crippen LogP contribution in [0.4, 0.5) is 0 Å². The first kappa shape index (κ1) is 17.5. The number of nitrogens with zero attached hydrogens (tertiary/aromatic N) is 3. The molecule has 2 heterocycles. The standard InChI is InChI=1S/C17H22N4O.ClH/c1-18-11-16-8-5-9-21(16)17(22)15-10-19-20(13-15)12-14-6-3-2-4-7-14;/h2-4,6-7,10,13,16,18H,5,8-9,11-12H2,1H3;1H. The zero-order valence-electron chi connectivity index (χ0n) is 13.3. The van der Waals surface area contributed by atoms with Gasteiger partial charge in [0.05, 0.1) is 18.3 Å². The fraction of sp³-hybridized carbons (Fsp3) is 0.412. The summed E-state index contributed by atoms with van der Waals surface area (Å²) in [6.45, 7) is 2.38. The van der Waals surface area contributed by atoms with Gasteiger partial charge in [0, 0.05) is 25.3 Å². The summed E-state index contributed by atoms with van der Waals surface area (Å²) in [7, 11) is 1.93. The van der Waals surface area contributed by atoms with Gasteiger partial charge in [0.1, 0.15) is 0 Å². The molecule has 0 aliphatic carbocycles. The largest absolute Gasteiger partial charge is 0.334 e. The number of likely N-dealkylation sites (tertiary alicyclic amines) is 1. The molecule has 0 radical (unpaired) electrons. The van der Waals surface area contributed by atoms with E-state index in [-0.39, 0.29) is 18.3 Å². The van der Waals surface area contributed by atoms with Gasteiger partial charge in [0.2, 0.25) is 0 Å². The normalized spacial score (nSPS) is 17.1. The Balaban J connectivity index is 0.00000192. The average molecular weight is 335 g/mol. The topological polar surface area (TPSA) is 50.2 Å². The summed E-state index contributed by atoms with van der Waals surface area (Å²) in [5.74, 6) is 0.0945. The molecule has 1 unspecified atom stereocenters. The Morgan fingerprint density at radius 3 is 2.87 bits per heavy atom. The van der Waals surface area contributed by atoms with Crippen LogP contribution >= 0.6 is 12.4 Å². The van der Waals surface area contributed by atoms with E-state index in [1.807, 2.05) is 41.0 Å². The van der Waals surface area contributed by atoms with Crippen molar-refractivity contribution >= 4 is 18.3 Å². The Hall–Kier alpha value is -1.85. The molecule has 6 heteroatoms. The number of carbonyl (C=O) groups is 1. The Morgan fingerprint density at radius 1 is 1.35 bits per heavy atom. The van der Waals surface area contributed by atoms with Gasteiger partial charge in [-0.25, -0.2) is 0 Å². The molecular weight excluding hydrogens is 312 g/mol. The lowest BCUT2D eigenvalue weighted by atomic mass is 10.2. The summed E-state index contributed by atoms with van der Waals surface area (Å²) in [5, 5.41) is 7.50. The Morgan fingerprint density at radius 2 is 2.13 bits per heavy atom. The van der Waals surface area contributed by atoms with Crippen molar-refractivity contribution in [3.63, 3.8) is 0 Å². The Kier molecular flexibility index (Phi) is 6.19. The van der Waals surface area contributed by atoms with E-state index in [9.17, 15) is 4.79 Å². The zero-order chi connectivity index (χ0) is 15.4. The van der Waals surface area contributed by atoms with Crippen LogP contribution in [0.2, 0.25) is 0 Å². The van der Waals surface area contributed by atoms with Gasteiger partial charge in [-0.2, -0.15) is 5.10 Å². The van der Waals surface area contributed by atoms with Gasteiger partial charge in [-0.15, -0.1) is 12.4 Å². The quantitative estimate of drug-likeness (QED) is 0.911. The van der Waals surface area contributed by atoms with Gasteiger partial charge in [-0.3, -0.25) is 9.48 Å². The minimum atomic E-state index is 0. The van der Waals surface area contributed by atoms with E-state index in [0.717, 1.165) is 25.9 Å². The number of carbonyl (C=O) groups excluding carboxylic acids is 1. The summed E-state index contributed by atoms with van der Waals surface area (Å²) >= 11 is 0. The van der Waals surface area contributed by atoms with Crippen molar-refractivity contribution in [3.05, 3.63) is 53.9 Å². The van der Waals surface area contributed by atoms with Crippen LogP contribution in [0.15, 0.2) is 42.7 Å². The molecule has 0 saturated carbocycles. The van der Waals surface area contributed by atoms with Gasteiger partial charge in [0.25, 0.3) is 5.91 Å². The lowest BCUT2D eigenvalue weighted by Crippen LogP contribution is -2.40. The van der Waals surface area contributed by atoms with Crippen molar-refractivity contribution < 1.29 is 4.79 Å². The van der Waals surface area contributed by atoms with Gasteiger partial charge in [-0.1, -0.05) is 30.3 Å². The fourth-order valence-corrected chi connectivity index (χ4v) is 3.05. The number of benzene rings is 1. The number of amides is 1. The second kappa shape index (κ2) is 8.13. The van der Waals surface area contributed by atoms with Crippen molar-refractivity contribution in [2.45, 2.75) is 25.4 Å². The van der Waals surface area contributed by atoms with E-state index in [1.165, 1.54) is 5.56 Å². The predicted molar refractivity (Wildman–Crippen MR) is 93.0 cm³/mol. The van der Waals surface area contributed by atoms with Crippen LogP contribution in [-0.4, -0.2) is 46.8 Å². The molecule has 0 bridgehead atoms. The highest BCUT2D eigenvalue weighted by molar-refractivity contribution is 5.94. The number of likely N-dealkylation sites (N-methyl/N-ethyl adjacent to an activating group) is 1. The average Bonchev–Trinajstić information content (AvgIpc) is 3.18. The first-order chi connectivity index (χ1) is 10.8. The molecule has 1 N–H and O–H groups in total. The summed E-state index contributed by atoms with van der Waals surface area (Å²) in [6.07, 6.45) is 5.69. The first-order valence-electron chi connectivity index (χ1n) is 7.80. The number of rotatable bonds is 5. The van der Waals surface area contributed by atoms with E-state index in [1.54, 1.807) is 6.20 Å². The van der Waals surface area contributed by atoms with E-state index in [2.05, 4.69) is 22.5 Å². The number of halogens is 1. The lowest BCUT2D eigenvalue weighted by Gasteiger charge is -2.23. The molecule has 124 valence electrons. The monoisotopic (exact) mass is 334 g/mol. The van der Waals surface area contributed by atoms with Gasteiger partial charge in [0.15, 0.2) is 0 Å². The van der Waals surface area contributed by atoms with Crippen LogP contribution < -0.4 is 5.32 Å². The maximum Gasteiger partial charge on any atom is 0.257 e. The molecule has 1 amide bonds. The second-order valence-electron chi connectivity index (χ2n) is 5.76. The summed E-state index contributed by atoms with van der Waals surface area (Å²) in [4.78, 5) is 14.6. The first-order valence-corrected chi connectivity index (χ1v) is 7.80. The van der Waals surface area contributed by atoms with E-state index in [4.69, 9.17) is 0 Å². The SMILES string of the molecule is CNCC1CCCN1C(=O)c1cnn(Cc2ccccc2)c1.Cl.